The molecule has 1 aliphatic heterocycles. The maximum atomic E-state index is 12.9. The van der Waals surface area contributed by atoms with E-state index < -0.39 is 6.10 Å². The number of carbonyl (C=O) groups excluding carboxylic acids is 1. The largest absolute Gasteiger partial charge is 0.484 e. The number of amides is 1. The summed E-state index contributed by atoms with van der Waals surface area (Å²) in [5, 5.41) is 8.00. The van der Waals surface area contributed by atoms with Crippen LogP contribution in [0.5, 0.6) is 5.75 Å². The Bertz CT molecular complexity index is 717. The lowest BCUT2D eigenvalue weighted by Crippen LogP contribution is -2.44. The molecule has 0 spiro atoms. The number of aromatic nitrogens is 2. The Morgan fingerprint density at radius 1 is 1.36 bits per heavy atom. The van der Waals surface area contributed by atoms with Gasteiger partial charge in [0.2, 0.25) is 11.8 Å². The summed E-state index contributed by atoms with van der Waals surface area (Å²) in [5.41, 5.74) is 0. The van der Waals surface area contributed by atoms with Crippen molar-refractivity contribution in [2.75, 3.05) is 26.3 Å². The molecule has 134 valence electrons. The molecule has 1 fully saturated rings. The molecule has 0 aliphatic carbocycles. The molecule has 0 saturated carbocycles. The van der Waals surface area contributed by atoms with E-state index in [1.807, 2.05) is 13.8 Å². The van der Waals surface area contributed by atoms with Gasteiger partial charge in [-0.25, -0.2) is 4.39 Å². The molecule has 0 bridgehead atoms. The molecule has 1 saturated heterocycles. The van der Waals surface area contributed by atoms with Gasteiger partial charge in [0.15, 0.2) is 12.7 Å². The number of benzene rings is 1. The van der Waals surface area contributed by atoms with Crippen molar-refractivity contribution in [3.8, 4) is 5.75 Å². The van der Waals surface area contributed by atoms with E-state index in [2.05, 4.69) is 10.2 Å². The van der Waals surface area contributed by atoms with Crippen LogP contribution in [0, 0.1) is 5.82 Å². The Labute approximate surface area is 144 Å². The standard InChI is InChI=1S/C17H20FN3O4/c1-11(2)16-19-20-17(25-16)14-9-21(7-8-23-14)15(22)10-24-13-5-3-12(18)4-6-13/h3-6,11,14H,7-10H2,1-2H3. The first-order valence-electron chi connectivity index (χ1n) is 8.14. The van der Waals surface area contributed by atoms with Crippen molar-refractivity contribution in [3.63, 3.8) is 0 Å². The van der Waals surface area contributed by atoms with E-state index in [9.17, 15) is 9.18 Å². The normalized spacial score (nSPS) is 17.8. The molecule has 1 aromatic carbocycles. The summed E-state index contributed by atoms with van der Waals surface area (Å²) in [5.74, 6) is 0.961. The Kier molecular flexibility index (Phi) is 5.28. The number of carbonyl (C=O) groups is 1. The summed E-state index contributed by atoms with van der Waals surface area (Å²) in [6, 6.07) is 5.53. The van der Waals surface area contributed by atoms with Crippen LogP contribution in [0.4, 0.5) is 4.39 Å². The Hall–Kier alpha value is -2.48. The van der Waals surface area contributed by atoms with Crippen LogP contribution in [-0.4, -0.2) is 47.3 Å². The highest BCUT2D eigenvalue weighted by molar-refractivity contribution is 5.77. The number of halogens is 1. The summed E-state index contributed by atoms with van der Waals surface area (Å²) in [7, 11) is 0. The molecule has 2 heterocycles. The first-order chi connectivity index (χ1) is 12.0. The second-order valence-electron chi connectivity index (χ2n) is 6.08. The monoisotopic (exact) mass is 349 g/mol. The van der Waals surface area contributed by atoms with Gasteiger partial charge in [-0.15, -0.1) is 10.2 Å². The Morgan fingerprint density at radius 3 is 2.80 bits per heavy atom. The third kappa shape index (κ3) is 4.33. The van der Waals surface area contributed by atoms with Crippen molar-refractivity contribution in [2.45, 2.75) is 25.9 Å². The van der Waals surface area contributed by atoms with Gasteiger partial charge in [0.25, 0.3) is 5.91 Å². The predicted octanol–water partition coefficient (Wildman–Crippen LogP) is 2.31. The molecule has 2 aromatic rings. The quantitative estimate of drug-likeness (QED) is 0.824. The SMILES string of the molecule is CC(C)c1nnc(C2CN(C(=O)COc3ccc(F)cc3)CCO2)o1. The Balaban J connectivity index is 1.56. The first-order valence-corrected chi connectivity index (χ1v) is 8.14. The smallest absolute Gasteiger partial charge is 0.260 e. The number of morpholine rings is 1. The van der Waals surface area contributed by atoms with Crippen molar-refractivity contribution in [2.24, 2.45) is 0 Å². The van der Waals surface area contributed by atoms with Crippen molar-refractivity contribution in [3.05, 3.63) is 41.9 Å². The molecule has 8 heteroatoms. The van der Waals surface area contributed by atoms with Gasteiger partial charge in [-0.3, -0.25) is 4.79 Å². The molecule has 0 radical (unpaired) electrons. The molecule has 3 rings (SSSR count). The zero-order chi connectivity index (χ0) is 17.8. The minimum Gasteiger partial charge on any atom is -0.484 e. The fourth-order valence-corrected chi connectivity index (χ4v) is 2.40. The molecule has 0 N–H and O–H groups in total. The molecule has 1 aliphatic rings. The number of hydrogen-bond donors (Lipinski definition) is 0. The topological polar surface area (TPSA) is 77.7 Å². The van der Waals surface area contributed by atoms with Gasteiger partial charge in [-0.2, -0.15) is 0 Å². The third-order valence-corrected chi connectivity index (χ3v) is 3.82. The average Bonchev–Trinajstić information content (AvgIpc) is 3.11. The van der Waals surface area contributed by atoms with E-state index in [0.717, 1.165) is 0 Å². The van der Waals surface area contributed by atoms with Gasteiger partial charge >= 0.3 is 0 Å². The van der Waals surface area contributed by atoms with Crippen LogP contribution in [0.1, 0.15) is 37.7 Å². The molecular weight excluding hydrogens is 329 g/mol. The van der Waals surface area contributed by atoms with Crippen molar-refractivity contribution in [1.29, 1.82) is 0 Å². The molecule has 25 heavy (non-hydrogen) atoms. The van der Waals surface area contributed by atoms with Gasteiger partial charge in [-0.05, 0) is 24.3 Å². The second-order valence-corrected chi connectivity index (χ2v) is 6.08. The average molecular weight is 349 g/mol. The summed E-state index contributed by atoms with van der Waals surface area (Å²) >= 11 is 0. The first kappa shape index (κ1) is 17.3. The van der Waals surface area contributed by atoms with Crippen LogP contribution in [-0.2, 0) is 9.53 Å². The van der Waals surface area contributed by atoms with E-state index >= 15 is 0 Å². The summed E-state index contributed by atoms with van der Waals surface area (Å²) < 4.78 is 29.5. The molecule has 1 unspecified atom stereocenters. The highest BCUT2D eigenvalue weighted by Crippen LogP contribution is 2.23. The van der Waals surface area contributed by atoms with Gasteiger partial charge in [0.05, 0.1) is 13.2 Å². The number of nitrogens with zero attached hydrogens (tertiary/aromatic N) is 3. The minimum absolute atomic E-state index is 0.126. The van der Waals surface area contributed by atoms with E-state index in [4.69, 9.17) is 13.9 Å². The van der Waals surface area contributed by atoms with Gasteiger partial charge in [0.1, 0.15) is 11.6 Å². The summed E-state index contributed by atoms with van der Waals surface area (Å²) in [4.78, 5) is 14.0. The Morgan fingerprint density at radius 2 is 2.12 bits per heavy atom. The lowest BCUT2D eigenvalue weighted by Gasteiger charge is -2.31. The maximum Gasteiger partial charge on any atom is 0.260 e. The lowest BCUT2D eigenvalue weighted by atomic mass is 10.2. The lowest BCUT2D eigenvalue weighted by molar-refractivity contribution is -0.142. The van der Waals surface area contributed by atoms with Crippen molar-refractivity contribution >= 4 is 5.91 Å². The summed E-state index contributed by atoms with van der Waals surface area (Å²) in [6.45, 7) is 4.97. The highest BCUT2D eigenvalue weighted by atomic mass is 19.1. The van der Waals surface area contributed by atoms with Crippen molar-refractivity contribution in [1.82, 2.24) is 15.1 Å². The van der Waals surface area contributed by atoms with Crippen LogP contribution < -0.4 is 4.74 Å². The van der Waals surface area contributed by atoms with E-state index in [-0.39, 0.29) is 24.2 Å². The zero-order valence-electron chi connectivity index (χ0n) is 14.1. The fourth-order valence-electron chi connectivity index (χ4n) is 2.40. The van der Waals surface area contributed by atoms with Gasteiger partial charge in [0, 0.05) is 12.5 Å². The molecule has 1 atom stereocenters. The molecular formula is C17H20FN3O4. The second kappa shape index (κ2) is 7.60. The molecule has 1 amide bonds. The van der Waals surface area contributed by atoms with E-state index in [0.29, 0.717) is 37.2 Å². The number of hydrogen-bond acceptors (Lipinski definition) is 6. The number of ether oxygens (including phenoxy) is 2. The highest BCUT2D eigenvalue weighted by Gasteiger charge is 2.29. The molecule has 1 aromatic heterocycles. The van der Waals surface area contributed by atoms with Gasteiger partial charge in [-0.1, -0.05) is 13.8 Å². The maximum absolute atomic E-state index is 12.9. The van der Waals surface area contributed by atoms with Gasteiger partial charge < -0.3 is 18.8 Å². The fraction of sp³-hybridized carbons (Fsp3) is 0.471. The van der Waals surface area contributed by atoms with E-state index in [1.54, 1.807) is 4.90 Å². The van der Waals surface area contributed by atoms with Crippen LogP contribution in [0.2, 0.25) is 0 Å². The van der Waals surface area contributed by atoms with Crippen LogP contribution >= 0.6 is 0 Å². The molecule has 7 nitrogen and oxygen atoms in total. The third-order valence-electron chi connectivity index (χ3n) is 3.82. The van der Waals surface area contributed by atoms with Crippen LogP contribution in [0.15, 0.2) is 28.7 Å². The van der Waals surface area contributed by atoms with Crippen LogP contribution in [0.25, 0.3) is 0 Å². The minimum atomic E-state index is -0.441. The zero-order valence-corrected chi connectivity index (χ0v) is 14.1. The predicted molar refractivity (Wildman–Crippen MR) is 85.6 cm³/mol. The number of rotatable bonds is 5. The van der Waals surface area contributed by atoms with Crippen LogP contribution in [0.3, 0.4) is 0 Å². The summed E-state index contributed by atoms with van der Waals surface area (Å²) in [6.07, 6.45) is -0.441. The van der Waals surface area contributed by atoms with Crippen molar-refractivity contribution < 1.29 is 23.1 Å². The van der Waals surface area contributed by atoms with E-state index in [1.165, 1.54) is 24.3 Å².